The third-order valence-corrected chi connectivity index (χ3v) is 6.11. The number of ether oxygens (including phenoxy) is 3. The minimum absolute atomic E-state index is 0.439. The van der Waals surface area contributed by atoms with Crippen LogP contribution < -0.4 is 4.74 Å². The van der Waals surface area contributed by atoms with Crippen molar-refractivity contribution in [3.8, 4) is 17.2 Å². The summed E-state index contributed by atoms with van der Waals surface area (Å²) in [5.74, 6) is 3.23. The second-order valence-electron chi connectivity index (χ2n) is 8.34. The van der Waals surface area contributed by atoms with E-state index in [4.69, 9.17) is 23.6 Å². The third kappa shape index (κ3) is 4.19. The molecule has 5 rings (SSSR count). The third-order valence-electron chi connectivity index (χ3n) is 6.11. The Morgan fingerprint density at radius 2 is 1.74 bits per heavy atom. The summed E-state index contributed by atoms with van der Waals surface area (Å²) in [4.78, 5) is 9.40. The summed E-state index contributed by atoms with van der Waals surface area (Å²) < 4.78 is 23.0. The first-order valence-corrected chi connectivity index (χ1v) is 11.3. The number of allylic oxidation sites excluding steroid dienone is 3. The zero-order valence-corrected chi connectivity index (χ0v) is 20.2. The maximum atomic E-state index is 6.15. The van der Waals surface area contributed by atoms with Crippen molar-refractivity contribution in [3.05, 3.63) is 95.5 Å². The summed E-state index contributed by atoms with van der Waals surface area (Å²) in [5, 5.41) is 2.05. The van der Waals surface area contributed by atoms with E-state index in [0.29, 0.717) is 35.4 Å². The van der Waals surface area contributed by atoms with Crippen molar-refractivity contribution in [2.24, 2.45) is 4.99 Å². The van der Waals surface area contributed by atoms with Crippen molar-refractivity contribution < 1.29 is 18.6 Å². The van der Waals surface area contributed by atoms with E-state index in [1.807, 2.05) is 36.4 Å². The molecule has 0 saturated carbocycles. The summed E-state index contributed by atoms with van der Waals surface area (Å²) in [5.41, 5.74) is 5.65. The van der Waals surface area contributed by atoms with E-state index in [-0.39, 0.29) is 0 Å². The van der Waals surface area contributed by atoms with Gasteiger partial charge in [0.25, 0.3) is 0 Å². The Bertz CT molecular complexity index is 1560. The number of hydrogen-bond acceptors (Lipinski definition) is 6. The zero-order chi connectivity index (χ0) is 24.5. The second kappa shape index (κ2) is 9.14. The molecule has 0 unspecified atom stereocenters. The molecule has 6 nitrogen and oxygen atoms in total. The van der Waals surface area contributed by atoms with Crippen LogP contribution in [0.3, 0.4) is 0 Å². The molecule has 0 bridgehead atoms. The van der Waals surface area contributed by atoms with Crippen LogP contribution in [0.2, 0.25) is 0 Å². The minimum Gasteiger partial charge on any atom is -0.497 e. The molecule has 35 heavy (non-hydrogen) atoms. The number of benzene rings is 3. The highest BCUT2D eigenvalue weighted by Crippen LogP contribution is 2.36. The molecule has 3 aromatic carbocycles. The van der Waals surface area contributed by atoms with Gasteiger partial charge in [-0.2, -0.15) is 0 Å². The Morgan fingerprint density at radius 3 is 2.46 bits per heavy atom. The van der Waals surface area contributed by atoms with Gasteiger partial charge in [0.2, 0.25) is 11.8 Å². The maximum absolute atomic E-state index is 6.15. The van der Waals surface area contributed by atoms with E-state index in [9.17, 15) is 0 Å². The van der Waals surface area contributed by atoms with Crippen LogP contribution in [0.1, 0.15) is 16.7 Å². The summed E-state index contributed by atoms with van der Waals surface area (Å²) in [7, 11) is 3.25. The average Bonchev–Trinajstić information content (AvgIpc) is 3.50. The van der Waals surface area contributed by atoms with Gasteiger partial charge in [0, 0.05) is 23.3 Å². The Labute approximate surface area is 203 Å². The predicted molar refractivity (Wildman–Crippen MR) is 139 cm³/mol. The van der Waals surface area contributed by atoms with E-state index in [2.05, 4.69) is 37.6 Å². The molecule has 4 aromatic rings. The number of aliphatic imine (C=N–C) groups is 1. The van der Waals surface area contributed by atoms with Gasteiger partial charge in [0.1, 0.15) is 29.3 Å². The standard InChI is InChI=1S/C29H26N2O4/c1-6-7-19(32-4)14-21-16-30-28(34-21)22-9-10-23(25-13-18(3)17(2)12-24(22)25)29-31-26-11-8-20(33-5)15-27(26)35-29/h6-15H,1,16H2,2-5H3/b19-7+,21-14+. The number of rotatable bonds is 6. The second-order valence-corrected chi connectivity index (χ2v) is 8.34. The highest BCUT2D eigenvalue weighted by molar-refractivity contribution is 6.11. The van der Waals surface area contributed by atoms with Gasteiger partial charge >= 0.3 is 0 Å². The lowest BCUT2D eigenvalue weighted by Crippen LogP contribution is -2.03. The van der Waals surface area contributed by atoms with Crippen molar-refractivity contribution in [1.82, 2.24) is 4.98 Å². The number of hydrogen-bond donors (Lipinski definition) is 0. The van der Waals surface area contributed by atoms with Crippen LogP contribution in [0.25, 0.3) is 33.3 Å². The summed E-state index contributed by atoms with van der Waals surface area (Å²) in [6.07, 6.45) is 5.28. The van der Waals surface area contributed by atoms with Crippen LogP contribution in [-0.4, -0.2) is 31.6 Å². The number of methoxy groups -OCH3 is 2. The average molecular weight is 467 g/mol. The molecule has 0 N–H and O–H groups in total. The summed E-state index contributed by atoms with van der Waals surface area (Å²) >= 11 is 0. The van der Waals surface area contributed by atoms with Crippen molar-refractivity contribution in [1.29, 1.82) is 0 Å². The van der Waals surface area contributed by atoms with Gasteiger partial charge in [0.05, 0.1) is 14.2 Å². The number of aromatic nitrogens is 1. The van der Waals surface area contributed by atoms with E-state index in [0.717, 1.165) is 33.2 Å². The van der Waals surface area contributed by atoms with Gasteiger partial charge in [0.15, 0.2) is 5.58 Å². The number of fused-ring (bicyclic) bond motifs is 2. The molecule has 6 heteroatoms. The van der Waals surface area contributed by atoms with E-state index >= 15 is 0 Å². The van der Waals surface area contributed by atoms with Crippen LogP contribution >= 0.6 is 0 Å². The smallest absolute Gasteiger partial charge is 0.227 e. The molecule has 0 aliphatic carbocycles. The fraction of sp³-hybridized carbons (Fsp3) is 0.172. The molecule has 2 heterocycles. The molecule has 0 spiro atoms. The lowest BCUT2D eigenvalue weighted by atomic mass is 9.95. The molecule has 1 aliphatic heterocycles. The summed E-state index contributed by atoms with van der Waals surface area (Å²) in [6, 6.07) is 14.0. The lowest BCUT2D eigenvalue weighted by molar-refractivity contribution is 0.303. The van der Waals surface area contributed by atoms with E-state index in [1.165, 1.54) is 11.1 Å². The molecule has 0 saturated heterocycles. The number of aryl methyl sites for hydroxylation is 2. The van der Waals surface area contributed by atoms with Crippen molar-refractivity contribution in [3.63, 3.8) is 0 Å². The van der Waals surface area contributed by atoms with Crippen LogP contribution in [0.5, 0.6) is 5.75 Å². The van der Waals surface area contributed by atoms with Crippen molar-refractivity contribution in [2.45, 2.75) is 13.8 Å². The predicted octanol–water partition coefficient (Wildman–Crippen LogP) is 6.65. The minimum atomic E-state index is 0.439. The SMILES string of the molecule is C=C/C=C(\C=C1/CN=C(c2ccc(-c3nc4ccc(OC)cc4o3)c3cc(C)c(C)cc23)O1)OC. The van der Waals surface area contributed by atoms with Crippen molar-refractivity contribution in [2.75, 3.05) is 20.8 Å². The van der Waals surface area contributed by atoms with Crippen LogP contribution in [0.15, 0.2) is 88.2 Å². The molecule has 0 amide bonds. The largest absolute Gasteiger partial charge is 0.497 e. The Hall–Kier alpha value is -4.32. The first-order chi connectivity index (χ1) is 17.0. The van der Waals surface area contributed by atoms with Crippen LogP contribution in [0, 0.1) is 13.8 Å². The first kappa shape index (κ1) is 22.5. The Morgan fingerprint density at radius 1 is 1.00 bits per heavy atom. The highest BCUT2D eigenvalue weighted by Gasteiger charge is 2.21. The van der Waals surface area contributed by atoms with Crippen LogP contribution in [0.4, 0.5) is 0 Å². The maximum Gasteiger partial charge on any atom is 0.227 e. The fourth-order valence-corrected chi connectivity index (χ4v) is 4.13. The molecule has 1 aromatic heterocycles. The first-order valence-electron chi connectivity index (χ1n) is 11.3. The van der Waals surface area contributed by atoms with Gasteiger partial charge < -0.3 is 18.6 Å². The normalized spacial score (nSPS) is 14.9. The van der Waals surface area contributed by atoms with E-state index in [1.54, 1.807) is 26.4 Å². The van der Waals surface area contributed by atoms with Gasteiger partial charge in [-0.3, -0.25) is 0 Å². The van der Waals surface area contributed by atoms with Crippen LogP contribution in [-0.2, 0) is 9.47 Å². The lowest BCUT2D eigenvalue weighted by Gasteiger charge is -2.12. The monoisotopic (exact) mass is 466 g/mol. The molecule has 1 aliphatic rings. The Kier molecular flexibility index (Phi) is 5.87. The summed E-state index contributed by atoms with van der Waals surface area (Å²) in [6.45, 7) is 8.36. The zero-order valence-electron chi connectivity index (χ0n) is 20.2. The van der Waals surface area contributed by atoms with Gasteiger partial charge in [-0.1, -0.05) is 24.8 Å². The number of oxazole rings is 1. The van der Waals surface area contributed by atoms with Gasteiger partial charge in [-0.25, -0.2) is 9.98 Å². The molecule has 0 fully saturated rings. The quantitative estimate of drug-likeness (QED) is 0.235. The van der Waals surface area contributed by atoms with Gasteiger partial charge in [-0.15, -0.1) is 0 Å². The molecular formula is C29H26N2O4. The molecular weight excluding hydrogens is 440 g/mol. The van der Waals surface area contributed by atoms with Crippen molar-refractivity contribution >= 4 is 27.8 Å². The number of nitrogens with zero attached hydrogens (tertiary/aromatic N) is 2. The molecule has 176 valence electrons. The highest BCUT2D eigenvalue weighted by atomic mass is 16.5. The fourth-order valence-electron chi connectivity index (χ4n) is 4.13. The topological polar surface area (TPSA) is 66.1 Å². The molecule has 0 atom stereocenters. The Balaban J connectivity index is 1.60. The van der Waals surface area contributed by atoms with E-state index < -0.39 is 0 Å². The van der Waals surface area contributed by atoms with Gasteiger partial charge in [-0.05, 0) is 66.1 Å². The molecule has 0 radical (unpaired) electrons.